The fourth-order valence-corrected chi connectivity index (χ4v) is 2.84. The Balaban J connectivity index is 2.13. The third-order valence-corrected chi connectivity index (χ3v) is 3.59. The van der Waals surface area contributed by atoms with Gasteiger partial charge in [0.15, 0.2) is 0 Å². The van der Waals surface area contributed by atoms with Gasteiger partial charge in [-0.15, -0.1) is 0 Å². The van der Waals surface area contributed by atoms with E-state index >= 15 is 0 Å². The van der Waals surface area contributed by atoms with Crippen LogP contribution in [0.4, 0.5) is 5.82 Å². The summed E-state index contributed by atoms with van der Waals surface area (Å²) in [4.78, 5) is 20.9. The van der Waals surface area contributed by atoms with Crippen molar-refractivity contribution in [3.8, 4) is 0 Å². The Morgan fingerprint density at radius 2 is 2.56 bits per heavy atom. The average Bonchev–Trinajstić information content (AvgIpc) is 2.30. The first kappa shape index (κ1) is 11.2. The van der Waals surface area contributed by atoms with Crippen molar-refractivity contribution in [2.45, 2.75) is 12.5 Å². The van der Waals surface area contributed by atoms with Crippen LogP contribution in [0, 0.1) is 0 Å². The molecule has 2 rings (SSSR count). The summed E-state index contributed by atoms with van der Waals surface area (Å²) in [7, 11) is 0. The number of aliphatic carboxylic acids is 1. The lowest BCUT2D eigenvalue weighted by Crippen LogP contribution is -2.44. The topological polar surface area (TPSA) is 66.3 Å². The average molecular weight is 239 g/mol. The predicted octanol–water partition coefficient (Wildman–Crippen LogP) is 0.873. The maximum Gasteiger partial charge on any atom is 0.305 e. The van der Waals surface area contributed by atoms with E-state index in [2.05, 4.69) is 14.9 Å². The normalized spacial score (nSPS) is 20.8. The number of nitrogens with zero attached hydrogens (tertiary/aromatic N) is 3. The summed E-state index contributed by atoms with van der Waals surface area (Å²) in [5.74, 6) is 1.92. The highest BCUT2D eigenvalue weighted by Crippen LogP contribution is 2.23. The van der Waals surface area contributed by atoms with E-state index in [1.54, 1.807) is 18.0 Å². The summed E-state index contributed by atoms with van der Waals surface area (Å²) in [6, 6.07) is 1.86. The lowest BCUT2D eigenvalue weighted by Gasteiger charge is -2.35. The van der Waals surface area contributed by atoms with Crippen LogP contribution in [0.15, 0.2) is 18.6 Å². The molecule has 1 unspecified atom stereocenters. The molecule has 1 saturated heterocycles. The zero-order chi connectivity index (χ0) is 11.4. The Kier molecular flexibility index (Phi) is 3.61. The van der Waals surface area contributed by atoms with Gasteiger partial charge in [0.25, 0.3) is 0 Å². The molecule has 1 N–H and O–H groups in total. The van der Waals surface area contributed by atoms with E-state index in [1.165, 1.54) is 6.33 Å². The number of hydrogen-bond donors (Lipinski definition) is 1. The van der Waals surface area contributed by atoms with Gasteiger partial charge in [0.05, 0.1) is 6.42 Å². The molecule has 0 bridgehead atoms. The minimum atomic E-state index is -0.758. The van der Waals surface area contributed by atoms with Crippen molar-refractivity contribution in [2.75, 3.05) is 23.0 Å². The van der Waals surface area contributed by atoms with Crippen molar-refractivity contribution < 1.29 is 9.90 Å². The van der Waals surface area contributed by atoms with Crippen molar-refractivity contribution in [3.63, 3.8) is 0 Å². The van der Waals surface area contributed by atoms with Gasteiger partial charge in [0.1, 0.15) is 12.1 Å². The molecule has 1 aromatic rings. The summed E-state index contributed by atoms with van der Waals surface area (Å²) >= 11 is 1.80. The van der Waals surface area contributed by atoms with Crippen LogP contribution in [0.3, 0.4) is 0 Å². The molecule has 5 nitrogen and oxygen atoms in total. The number of carbonyl (C=O) groups is 1. The second-order valence-electron chi connectivity index (χ2n) is 3.59. The number of thioether (sulfide) groups is 1. The number of anilines is 1. The Morgan fingerprint density at radius 1 is 1.69 bits per heavy atom. The van der Waals surface area contributed by atoms with Gasteiger partial charge in [-0.25, -0.2) is 9.97 Å². The van der Waals surface area contributed by atoms with Crippen LogP contribution in [0.1, 0.15) is 6.42 Å². The molecule has 0 saturated carbocycles. The van der Waals surface area contributed by atoms with Crippen LogP contribution in [0.2, 0.25) is 0 Å². The summed E-state index contributed by atoms with van der Waals surface area (Å²) in [5, 5.41) is 8.86. The number of carboxylic acids is 1. The van der Waals surface area contributed by atoms with Gasteiger partial charge in [-0.1, -0.05) is 0 Å². The SMILES string of the molecule is O=C(O)CC1CSCCN1c1ccncn1. The zero-order valence-corrected chi connectivity index (χ0v) is 9.56. The van der Waals surface area contributed by atoms with Crippen LogP contribution in [0.25, 0.3) is 0 Å². The fraction of sp³-hybridized carbons (Fsp3) is 0.500. The van der Waals surface area contributed by atoms with Gasteiger partial charge in [-0.3, -0.25) is 4.79 Å². The molecular weight excluding hydrogens is 226 g/mol. The highest BCUT2D eigenvalue weighted by molar-refractivity contribution is 7.99. The lowest BCUT2D eigenvalue weighted by atomic mass is 10.2. The van der Waals surface area contributed by atoms with Crippen LogP contribution in [-0.2, 0) is 4.79 Å². The first-order valence-electron chi connectivity index (χ1n) is 5.09. The van der Waals surface area contributed by atoms with Crippen molar-refractivity contribution in [2.24, 2.45) is 0 Å². The Morgan fingerprint density at radius 3 is 3.25 bits per heavy atom. The van der Waals surface area contributed by atoms with Gasteiger partial charge in [0.2, 0.25) is 0 Å². The Labute approximate surface area is 97.9 Å². The van der Waals surface area contributed by atoms with Gasteiger partial charge < -0.3 is 10.0 Å². The second kappa shape index (κ2) is 5.16. The Hall–Kier alpha value is -1.30. The second-order valence-corrected chi connectivity index (χ2v) is 4.74. The maximum absolute atomic E-state index is 10.8. The molecule has 1 atom stereocenters. The smallest absolute Gasteiger partial charge is 0.305 e. The minimum Gasteiger partial charge on any atom is -0.481 e. The first-order valence-corrected chi connectivity index (χ1v) is 6.25. The van der Waals surface area contributed by atoms with Gasteiger partial charge in [-0.2, -0.15) is 11.8 Å². The molecule has 0 spiro atoms. The van der Waals surface area contributed by atoms with Gasteiger partial charge in [0, 0.05) is 30.3 Å². The number of aromatic nitrogens is 2. The molecule has 86 valence electrons. The van der Waals surface area contributed by atoms with Gasteiger partial charge in [-0.05, 0) is 6.07 Å². The molecule has 1 aliphatic heterocycles. The molecule has 1 fully saturated rings. The molecule has 0 aromatic carbocycles. The number of rotatable bonds is 3. The number of hydrogen-bond acceptors (Lipinski definition) is 5. The molecule has 0 radical (unpaired) electrons. The van der Waals surface area contributed by atoms with E-state index in [1.807, 2.05) is 6.07 Å². The molecule has 16 heavy (non-hydrogen) atoms. The van der Waals surface area contributed by atoms with Crippen LogP contribution < -0.4 is 4.90 Å². The fourth-order valence-electron chi connectivity index (χ4n) is 1.78. The monoisotopic (exact) mass is 239 g/mol. The summed E-state index contributed by atoms with van der Waals surface area (Å²) < 4.78 is 0. The molecule has 6 heteroatoms. The third-order valence-electron chi connectivity index (χ3n) is 2.50. The van der Waals surface area contributed by atoms with Crippen molar-refractivity contribution >= 4 is 23.5 Å². The van der Waals surface area contributed by atoms with E-state index < -0.39 is 5.97 Å². The Bertz CT molecular complexity index is 360. The van der Waals surface area contributed by atoms with Crippen LogP contribution in [-0.4, -0.2) is 45.1 Å². The number of carboxylic acid groups (broad SMARTS) is 1. The van der Waals surface area contributed by atoms with E-state index in [0.717, 1.165) is 23.9 Å². The standard InChI is InChI=1S/C10H13N3O2S/c14-10(15)5-8-6-16-4-3-13(8)9-1-2-11-7-12-9/h1-2,7-8H,3-6H2,(H,14,15). The van der Waals surface area contributed by atoms with Crippen LogP contribution in [0.5, 0.6) is 0 Å². The molecule has 0 amide bonds. The van der Waals surface area contributed by atoms with Crippen LogP contribution >= 0.6 is 11.8 Å². The minimum absolute atomic E-state index is 0.0335. The molecule has 1 aromatic heterocycles. The van der Waals surface area contributed by atoms with E-state index in [0.29, 0.717) is 0 Å². The largest absolute Gasteiger partial charge is 0.481 e. The van der Waals surface area contributed by atoms with Gasteiger partial charge >= 0.3 is 5.97 Å². The zero-order valence-electron chi connectivity index (χ0n) is 8.74. The maximum atomic E-state index is 10.8. The molecule has 0 aliphatic carbocycles. The molecule has 2 heterocycles. The molecular formula is C10H13N3O2S. The highest BCUT2D eigenvalue weighted by Gasteiger charge is 2.25. The predicted molar refractivity (Wildman–Crippen MR) is 62.7 cm³/mol. The lowest BCUT2D eigenvalue weighted by molar-refractivity contribution is -0.137. The summed E-state index contributed by atoms with van der Waals surface area (Å²) in [6.45, 7) is 0.847. The third kappa shape index (κ3) is 2.63. The van der Waals surface area contributed by atoms with E-state index in [-0.39, 0.29) is 12.5 Å². The quantitative estimate of drug-likeness (QED) is 0.844. The van der Waals surface area contributed by atoms with Crippen molar-refractivity contribution in [3.05, 3.63) is 18.6 Å². The summed E-state index contributed by atoms with van der Waals surface area (Å²) in [5.41, 5.74) is 0. The first-order chi connectivity index (χ1) is 7.77. The molecule has 1 aliphatic rings. The van der Waals surface area contributed by atoms with Crippen molar-refractivity contribution in [1.82, 2.24) is 9.97 Å². The van der Waals surface area contributed by atoms with Crippen molar-refractivity contribution in [1.29, 1.82) is 0 Å². The highest BCUT2D eigenvalue weighted by atomic mass is 32.2. The summed E-state index contributed by atoms with van der Waals surface area (Å²) in [6.07, 6.45) is 3.34. The van der Waals surface area contributed by atoms with E-state index in [9.17, 15) is 4.79 Å². The van der Waals surface area contributed by atoms with E-state index in [4.69, 9.17) is 5.11 Å².